The molecule has 0 saturated carbocycles. The Labute approximate surface area is 78.5 Å². The molecule has 1 N–H and O–H groups in total. The summed E-state index contributed by atoms with van der Waals surface area (Å²) in [5.41, 5.74) is 1.14. The number of aliphatic hydroxyl groups is 1. The molecule has 2 nitrogen and oxygen atoms in total. The fourth-order valence-electron chi connectivity index (χ4n) is 0.955. The van der Waals surface area contributed by atoms with Gasteiger partial charge in [0.1, 0.15) is 18.5 Å². The van der Waals surface area contributed by atoms with Crippen LogP contribution < -0.4 is 4.74 Å². The van der Waals surface area contributed by atoms with Crippen molar-refractivity contribution in [3.05, 3.63) is 42.5 Å². The standard InChI is InChI=1S/C11H14O2/c1-3-10(12)8-13-11-6-4-5-9(2)7-11/h3-7,10,12H,1,8H2,2H3. The third-order valence-corrected chi connectivity index (χ3v) is 1.68. The zero-order valence-electron chi connectivity index (χ0n) is 7.73. The fraction of sp³-hybridized carbons (Fsp3) is 0.273. The molecule has 0 bridgehead atoms. The Morgan fingerprint density at radius 1 is 1.62 bits per heavy atom. The Morgan fingerprint density at radius 2 is 2.38 bits per heavy atom. The number of aryl methyl sites for hydroxylation is 1. The molecule has 0 aliphatic heterocycles. The molecule has 0 fully saturated rings. The predicted molar refractivity (Wildman–Crippen MR) is 52.9 cm³/mol. The number of ether oxygens (including phenoxy) is 1. The molecule has 70 valence electrons. The highest BCUT2D eigenvalue weighted by atomic mass is 16.5. The molecule has 1 atom stereocenters. The zero-order chi connectivity index (χ0) is 9.68. The third-order valence-electron chi connectivity index (χ3n) is 1.68. The smallest absolute Gasteiger partial charge is 0.119 e. The third kappa shape index (κ3) is 3.30. The van der Waals surface area contributed by atoms with E-state index in [0.717, 1.165) is 11.3 Å². The van der Waals surface area contributed by atoms with Gasteiger partial charge in [-0.15, -0.1) is 6.58 Å². The van der Waals surface area contributed by atoms with Gasteiger partial charge in [0.25, 0.3) is 0 Å². The maximum Gasteiger partial charge on any atom is 0.119 e. The topological polar surface area (TPSA) is 29.5 Å². The first kappa shape index (κ1) is 9.81. The molecule has 2 heteroatoms. The minimum atomic E-state index is -0.597. The largest absolute Gasteiger partial charge is 0.491 e. The van der Waals surface area contributed by atoms with Crippen molar-refractivity contribution in [1.82, 2.24) is 0 Å². The van der Waals surface area contributed by atoms with Crippen LogP contribution in [-0.2, 0) is 0 Å². The summed E-state index contributed by atoms with van der Waals surface area (Å²) in [7, 11) is 0. The Morgan fingerprint density at radius 3 is 3.00 bits per heavy atom. The van der Waals surface area contributed by atoms with Gasteiger partial charge in [0.15, 0.2) is 0 Å². The molecule has 0 saturated heterocycles. The van der Waals surface area contributed by atoms with E-state index in [1.807, 2.05) is 31.2 Å². The Bertz CT molecular complexity index is 281. The maximum absolute atomic E-state index is 9.15. The first-order valence-electron chi connectivity index (χ1n) is 4.22. The molecule has 1 rings (SSSR count). The predicted octanol–water partition coefficient (Wildman–Crippen LogP) is 1.92. The summed E-state index contributed by atoms with van der Waals surface area (Å²) in [6.07, 6.45) is 0.857. The van der Waals surface area contributed by atoms with Gasteiger partial charge in [0.05, 0.1) is 0 Å². The lowest BCUT2D eigenvalue weighted by Crippen LogP contribution is -2.14. The minimum absolute atomic E-state index is 0.257. The molecule has 0 amide bonds. The van der Waals surface area contributed by atoms with Gasteiger partial charge in [0.2, 0.25) is 0 Å². The summed E-state index contributed by atoms with van der Waals surface area (Å²) >= 11 is 0. The van der Waals surface area contributed by atoms with Gasteiger partial charge in [-0.2, -0.15) is 0 Å². The lowest BCUT2D eigenvalue weighted by molar-refractivity contribution is 0.145. The molecule has 0 radical (unpaired) electrons. The van der Waals surface area contributed by atoms with Crippen molar-refractivity contribution in [2.24, 2.45) is 0 Å². The van der Waals surface area contributed by atoms with E-state index < -0.39 is 6.10 Å². The SMILES string of the molecule is C=CC(O)COc1cccc(C)c1. The summed E-state index contributed by atoms with van der Waals surface area (Å²) < 4.78 is 5.32. The number of hydrogen-bond donors (Lipinski definition) is 1. The van der Waals surface area contributed by atoms with E-state index in [9.17, 15) is 0 Å². The van der Waals surface area contributed by atoms with E-state index in [-0.39, 0.29) is 6.61 Å². The van der Waals surface area contributed by atoms with E-state index in [1.165, 1.54) is 6.08 Å². The average Bonchev–Trinajstić information content (AvgIpc) is 2.14. The van der Waals surface area contributed by atoms with Gasteiger partial charge >= 0.3 is 0 Å². The molecule has 0 aliphatic rings. The van der Waals surface area contributed by atoms with E-state index in [0.29, 0.717) is 0 Å². The first-order chi connectivity index (χ1) is 6.22. The molecule has 1 unspecified atom stereocenters. The summed E-state index contributed by atoms with van der Waals surface area (Å²) in [5.74, 6) is 0.779. The Balaban J connectivity index is 2.49. The second kappa shape index (κ2) is 4.67. The van der Waals surface area contributed by atoms with Crippen LogP contribution in [0.1, 0.15) is 5.56 Å². The van der Waals surface area contributed by atoms with E-state index >= 15 is 0 Å². The van der Waals surface area contributed by atoms with Crippen molar-refractivity contribution in [1.29, 1.82) is 0 Å². The molecule has 1 aromatic carbocycles. The second-order valence-corrected chi connectivity index (χ2v) is 2.93. The van der Waals surface area contributed by atoms with Gasteiger partial charge < -0.3 is 9.84 Å². The normalized spacial score (nSPS) is 12.2. The van der Waals surface area contributed by atoms with Crippen LogP contribution in [0.15, 0.2) is 36.9 Å². The first-order valence-corrected chi connectivity index (χ1v) is 4.22. The Kier molecular flexibility index (Phi) is 3.53. The van der Waals surface area contributed by atoms with Gasteiger partial charge in [0, 0.05) is 0 Å². The van der Waals surface area contributed by atoms with Crippen molar-refractivity contribution in [3.8, 4) is 5.75 Å². The van der Waals surface area contributed by atoms with E-state index in [2.05, 4.69) is 6.58 Å². The maximum atomic E-state index is 9.15. The highest BCUT2D eigenvalue weighted by Gasteiger charge is 1.99. The molecule has 0 heterocycles. The Hall–Kier alpha value is -1.28. The molecule has 13 heavy (non-hydrogen) atoms. The van der Waals surface area contributed by atoms with Crippen LogP contribution >= 0.6 is 0 Å². The van der Waals surface area contributed by atoms with Crippen LogP contribution in [0.25, 0.3) is 0 Å². The van der Waals surface area contributed by atoms with Gasteiger partial charge in [-0.25, -0.2) is 0 Å². The number of benzene rings is 1. The summed E-state index contributed by atoms with van der Waals surface area (Å²) in [6.45, 7) is 5.71. The van der Waals surface area contributed by atoms with Crippen LogP contribution in [0.3, 0.4) is 0 Å². The average molecular weight is 178 g/mol. The second-order valence-electron chi connectivity index (χ2n) is 2.93. The van der Waals surface area contributed by atoms with Crippen molar-refractivity contribution >= 4 is 0 Å². The summed E-state index contributed by atoms with van der Waals surface area (Å²) in [5, 5.41) is 9.15. The van der Waals surface area contributed by atoms with Gasteiger partial charge in [-0.05, 0) is 24.6 Å². The molecular formula is C11H14O2. The van der Waals surface area contributed by atoms with Crippen LogP contribution in [0.2, 0.25) is 0 Å². The lowest BCUT2D eigenvalue weighted by atomic mass is 10.2. The van der Waals surface area contributed by atoms with Gasteiger partial charge in [-0.1, -0.05) is 18.2 Å². The van der Waals surface area contributed by atoms with Crippen molar-refractivity contribution in [2.45, 2.75) is 13.0 Å². The number of aliphatic hydroxyl groups excluding tert-OH is 1. The zero-order valence-corrected chi connectivity index (χ0v) is 7.73. The van der Waals surface area contributed by atoms with Crippen LogP contribution in [-0.4, -0.2) is 17.8 Å². The minimum Gasteiger partial charge on any atom is -0.491 e. The molecule has 0 aromatic heterocycles. The van der Waals surface area contributed by atoms with Crippen LogP contribution in [0.5, 0.6) is 5.75 Å². The molecule has 0 aliphatic carbocycles. The van der Waals surface area contributed by atoms with Crippen LogP contribution in [0, 0.1) is 6.92 Å². The summed E-state index contributed by atoms with van der Waals surface area (Å²) in [4.78, 5) is 0. The monoisotopic (exact) mass is 178 g/mol. The van der Waals surface area contributed by atoms with Crippen molar-refractivity contribution in [2.75, 3.05) is 6.61 Å². The van der Waals surface area contributed by atoms with Crippen LogP contribution in [0.4, 0.5) is 0 Å². The molecule has 1 aromatic rings. The fourth-order valence-corrected chi connectivity index (χ4v) is 0.955. The van der Waals surface area contributed by atoms with E-state index in [1.54, 1.807) is 0 Å². The van der Waals surface area contributed by atoms with Crippen molar-refractivity contribution in [3.63, 3.8) is 0 Å². The van der Waals surface area contributed by atoms with Crippen molar-refractivity contribution < 1.29 is 9.84 Å². The summed E-state index contributed by atoms with van der Waals surface area (Å²) in [6, 6.07) is 7.71. The molecule has 0 spiro atoms. The van der Waals surface area contributed by atoms with Gasteiger partial charge in [-0.3, -0.25) is 0 Å². The number of rotatable bonds is 4. The number of hydrogen-bond acceptors (Lipinski definition) is 2. The lowest BCUT2D eigenvalue weighted by Gasteiger charge is -2.08. The highest BCUT2D eigenvalue weighted by Crippen LogP contribution is 2.12. The molecular weight excluding hydrogens is 164 g/mol. The quantitative estimate of drug-likeness (QED) is 0.714. The van der Waals surface area contributed by atoms with E-state index in [4.69, 9.17) is 9.84 Å². The highest BCUT2D eigenvalue weighted by molar-refractivity contribution is 5.27.